The Morgan fingerprint density at radius 2 is 1.94 bits per heavy atom. The van der Waals surface area contributed by atoms with Crippen LogP contribution in [-0.2, 0) is 9.84 Å². The van der Waals surface area contributed by atoms with E-state index < -0.39 is 9.84 Å². The van der Waals surface area contributed by atoms with E-state index in [1.807, 2.05) is 6.92 Å². The number of sulfone groups is 1. The van der Waals surface area contributed by atoms with Gasteiger partial charge in [-0.3, -0.25) is 0 Å². The van der Waals surface area contributed by atoms with E-state index in [1.165, 1.54) is 6.26 Å². The molecule has 0 radical (unpaired) electrons. The van der Waals surface area contributed by atoms with Crippen LogP contribution in [0, 0.1) is 11.3 Å². The number of nitriles is 1. The van der Waals surface area contributed by atoms with Gasteiger partial charge in [0.05, 0.1) is 11.0 Å². The second kappa shape index (κ2) is 6.08. The smallest absolute Gasteiger partial charge is 0.175 e. The van der Waals surface area contributed by atoms with Crippen molar-refractivity contribution in [3.8, 4) is 6.07 Å². The quantitative estimate of drug-likeness (QED) is 0.771. The van der Waals surface area contributed by atoms with E-state index in [9.17, 15) is 8.42 Å². The van der Waals surface area contributed by atoms with E-state index in [4.69, 9.17) is 5.26 Å². The number of hydrogen-bond donors (Lipinski definition) is 0. The number of rotatable bonds is 5. The van der Waals surface area contributed by atoms with Gasteiger partial charge < -0.3 is 0 Å². The van der Waals surface area contributed by atoms with Crippen LogP contribution in [0.4, 0.5) is 0 Å². The molecule has 0 spiro atoms. The van der Waals surface area contributed by atoms with Crippen LogP contribution in [-0.4, -0.2) is 19.9 Å². The molecule has 0 heterocycles. The fourth-order valence-corrected chi connectivity index (χ4v) is 2.96. The maximum absolute atomic E-state index is 11.3. The van der Waals surface area contributed by atoms with E-state index >= 15 is 0 Å². The highest BCUT2D eigenvalue weighted by molar-refractivity contribution is 8.00. The standard InChI is InChI=1S/C12H15NO2S2/c1-3-10(8-9-13)16-11-4-6-12(7-5-11)17(2,14)15/h4-7,10H,3,8H2,1-2H3. The first-order chi connectivity index (χ1) is 7.97. The normalized spacial score (nSPS) is 13.0. The first kappa shape index (κ1) is 14.1. The summed E-state index contributed by atoms with van der Waals surface area (Å²) in [6.07, 6.45) is 2.63. The van der Waals surface area contributed by atoms with Crippen LogP contribution < -0.4 is 0 Å². The first-order valence-corrected chi connectivity index (χ1v) is 8.08. The molecule has 0 aliphatic carbocycles. The van der Waals surface area contributed by atoms with Crippen molar-refractivity contribution in [2.24, 2.45) is 0 Å². The molecule has 0 bridgehead atoms. The molecule has 0 amide bonds. The van der Waals surface area contributed by atoms with Crippen LogP contribution in [0.25, 0.3) is 0 Å². The molecule has 17 heavy (non-hydrogen) atoms. The lowest BCUT2D eigenvalue weighted by molar-refractivity contribution is 0.602. The molecule has 1 rings (SSSR count). The van der Waals surface area contributed by atoms with Gasteiger partial charge in [0.25, 0.3) is 0 Å². The third-order valence-corrected chi connectivity index (χ3v) is 4.84. The highest BCUT2D eigenvalue weighted by atomic mass is 32.2. The van der Waals surface area contributed by atoms with Crippen LogP contribution in [0.2, 0.25) is 0 Å². The molecule has 0 aliphatic heterocycles. The molecule has 5 heteroatoms. The Morgan fingerprint density at radius 1 is 1.35 bits per heavy atom. The molecular formula is C12H15NO2S2. The number of thioether (sulfide) groups is 1. The monoisotopic (exact) mass is 269 g/mol. The predicted molar refractivity (Wildman–Crippen MR) is 69.7 cm³/mol. The van der Waals surface area contributed by atoms with Gasteiger partial charge in [-0.1, -0.05) is 6.92 Å². The highest BCUT2D eigenvalue weighted by Gasteiger charge is 2.10. The van der Waals surface area contributed by atoms with Crippen molar-refractivity contribution in [2.45, 2.75) is 34.8 Å². The van der Waals surface area contributed by atoms with E-state index in [-0.39, 0.29) is 5.25 Å². The van der Waals surface area contributed by atoms with Crippen molar-refractivity contribution < 1.29 is 8.42 Å². The number of benzene rings is 1. The molecule has 1 aromatic carbocycles. The zero-order chi connectivity index (χ0) is 12.9. The minimum absolute atomic E-state index is 0.268. The zero-order valence-electron chi connectivity index (χ0n) is 9.88. The van der Waals surface area contributed by atoms with Crippen LogP contribution in [0.1, 0.15) is 19.8 Å². The lowest BCUT2D eigenvalue weighted by Crippen LogP contribution is -1.99. The summed E-state index contributed by atoms with van der Waals surface area (Å²) in [4.78, 5) is 1.33. The Balaban J connectivity index is 2.79. The summed E-state index contributed by atoms with van der Waals surface area (Å²) >= 11 is 1.62. The molecule has 0 fully saturated rings. The lowest BCUT2D eigenvalue weighted by Gasteiger charge is -2.10. The molecule has 0 saturated carbocycles. The zero-order valence-corrected chi connectivity index (χ0v) is 11.5. The van der Waals surface area contributed by atoms with E-state index in [0.29, 0.717) is 11.3 Å². The van der Waals surface area contributed by atoms with Crippen molar-refractivity contribution in [1.29, 1.82) is 5.26 Å². The van der Waals surface area contributed by atoms with Crippen molar-refractivity contribution in [3.05, 3.63) is 24.3 Å². The minimum atomic E-state index is -3.13. The molecular weight excluding hydrogens is 254 g/mol. The number of nitrogens with zero attached hydrogens (tertiary/aromatic N) is 1. The molecule has 0 aromatic heterocycles. The molecule has 0 saturated heterocycles. The van der Waals surface area contributed by atoms with Gasteiger partial charge in [-0.15, -0.1) is 11.8 Å². The van der Waals surface area contributed by atoms with Crippen molar-refractivity contribution in [1.82, 2.24) is 0 Å². The van der Waals surface area contributed by atoms with E-state index in [1.54, 1.807) is 36.0 Å². The summed E-state index contributed by atoms with van der Waals surface area (Å²) in [6.45, 7) is 2.04. The molecule has 3 nitrogen and oxygen atoms in total. The fourth-order valence-electron chi connectivity index (χ4n) is 1.33. The van der Waals surface area contributed by atoms with Crippen molar-refractivity contribution in [3.63, 3.8) is 0 Å². The SMILES string of the molecule is CCC(CC#N)Sc1ccc(S(C)(=O)=O)cc1. The Kier molecular flexibility index (Phi) is 5.03. The maximum Gasteiger partial charge on any atom is 0.175 e. The fraction of sp³-hybridized carbons (Fsp3) is 0.417. The topological polar surface area (TPSA) is 57.9 Å². The molecule has 0 aliphatic rings. The van der Waals surface area contributed by atoms with Crippen LogP contribution in [0.15, 0.2) is 34.1 Å². The van der Waals surface area contributed by atoms with Gasteiger partial charge in [0.1, 0.15) is 0 Å². The largest absolute Gasteiger partial charge is 0.224 e. The first-order valence-electron chi connectivity index (χ1n) is 5.31. The average Bonchev–Trinajstić information content (AvgIpc) is 2.28. The predicted octanol–water partition coefficient (Wildman–Crippen LogP) is 2.87. The van der Waals surface area contributed by atoms with E-state index in [0.717, 1.165) is 11.3 Å². The summed E-state index contributed by atoms with van der Waals surface area (Å²) in [5.74, 6) is 0. The average molecular weight is 269 g/mol. The Hall–Kier alpha value is -0.990. The molecule has 92 valence electrons. The molecule has 1 atom stereocenters. The van der Waals surface area contributed by atoms with Gasteiger partial charge >= 0.3 is 0 Å². The Bertz CT molecular complexity index is 500. The van der Waals surface area contributed by atoms with Gasteiger partial charge in [0.15, 0.2) is 9.84 Å². The third-order valence-electron chi connectivity index (χ3n) is 2.33. The third kappa shape index (κ3) is 4.41. The second-order valence-electron chi connectivity index (χ2n) is 3.75. The van der Waals surface area contributed by atoms with Crippen LogP contribution >= 0.6 is 11.8 Å². The molecule has 1 aromatic rings. The van der Waals surface area contributed by atoms with Crippen LogP contribution in [0.3, 0.4) is 0 Å². The lowest BCUT2D eigenvalue weighted by atomic mass is 10.3. The summed E-state index contributed by atoms with van der Waals surface area (Å²) in [7, 11) is -3.13. The molecule has 1 unspecified atom stereocenters. The number of hydrogen-bond acceptors (Lipinski definition) is 4. The second-order valence-corrected chi connectivity index (χ2v) is 7.14. The summed E-state index contributed by atoms with van der Waals surface area (Å²) < 4.78 is 22.6. The van der Waals surface area contributed by atoms with Gasteiger partial charge in [-0.2, -0.15) is 5.26 Å². The Morgan fingerprint density at radius 3 is 2.35 bits per heavy atom. The minimum Gasteiger partial charge on any atom is -0.224 e. The summed E-state index contributed by atoms with van der Waals surface area (Å²) in [6, 6.07) is 8.96. The highest BCUT2D eigenvalue weighted by Crippen LogP contribution is 2.28. The van der Waals surface area contributed by atoms with Crippen LogP contribution in [0.5, 0.6) is 0 Å². The van der Waals surface area contributed by atoms with Gasteiger partial charge in [0.2, 0.25) is 0 Å². The molecule has 0 N–H and O–H groups in total. The summed E-state index contributed by atoms with van der Waals surface area (Å²) in [5, 5.41) is 8.92. The maximum atomic E-state index is 11.3. The summed E-state index contributed by atoms with van der Waals surface area (Å²) in [5.41, 5.74) is 0. The van der Waals surface area contributed by atoms with Gasteiger partial charge in [0, 0.05) is 22.8 Å². The van der Waals surface area contributed by atoms with Gasteiger partial charge in [-0.25, -0.2) is 8.42 Å². The van der Waals surface area contributed by atoms with Gasteiger partial charge in [-0.05, 0) is 30.7 Å². The van der Waals surface area contributed by atoms with Crippen molar-refractivity contribution >= 4 is 21.6 Å². The van der Waals surface area contributed by atoms with E-state index in [2.05, 4.69) is 6.07 Å². The Labute approximate surface area is 107 Å². The van der Waals surface area contributed by atoms with Crippen molar-refractivity contribution in [2.75, 3.05) is 6.26 Å².